The van der Waals surface area contributed by atoms with Crippen LogP contribution in [-0.4, -0.2) is 52.2 Å². The van der Waals surface area contributed by atoms with Crippen LogP contribution in [0.1, 0.15) is 6.92 Å². The van der Waals surface area contributed by atoms with Crippen molar-refractivity contribution in [2.75, 3.05) is 32.8 Å². The summed E-state index contributed by atoms with van der Waals surface area (Å²) < 4.78 is 58.8. The predicted octanol–water partition coefficient (Wildman–Crippen LogP) is 1.62. The highest BCUT2D eigenvalue weighted by Gasteiger charge is 2.27. The average molecular weight is 355 g/mol. The summed E-state index contributed by atoms with van der Waals surface area (Å²) in [6, 6.07) is 1.70. The van der Waals surface area contributed by atoms with Crippen molar-refractivity contribution in [2.45, 2.75) is 17.9 Å². The Morgan fingerprint density at radius 2 is 2.00 bits per heavy atom. The van der Waals surface area contributed by atoms with E-state index in [4.69, 9.17) is 16.3 Å². The van der Waals surface area contributed by atoms with Gasteiger partial charge in [0.15, 0.2) is 11.6 Å². The van der Waals surface area contributed by atoms with E-state index in [0.717, 1.165) is 12.1 Å². The molecule has 0 amide bonds. The third-order valence-corrected chi connectivity index (χ3v) is 5.42. The van der Waals surface area contributed by atoms with Gasteiger partial charge in [0, 0.05) is 25.7 Å². The Hall–Kier alpha value is -0.800. The summed E-state index contributed by atoms with van der Waals surface area (Å²) in [5.41, 5.74) is 0. The number of rotatable bonds is 5. The lowest BCUT2D eigenvalue weighted by molar-refractivity contribution is 0.0213. The Morgan fingerprint density at radius 1 is 1.36 bits per heavy atom. The zero-order valence-corrected chi connectivity index (χ0v) is 13.6. The van der Waals surface area contributed by atoms with Gasteiger partial charge in [0.2, 0.25) is 10.0 Å². The van der Waals surface area contributed by atoms with E-state index in [1.807, 2.05) is 6.92 Å². The maximum Gasteiger partial charge on any atom is 0.245 e. The molecule has 2 rings (SSSR count). The number of hydrogen-bond donors (Lipinski definition) is 1. The number of morpholine rings is 1. The van der Waals surface area contributed by atoms with Gasteiger partial charge in [0.1, 0.15) is 4.90 Å². The summed E-state index contributed by atoms with van der Waals surface area (Å²) in [6.45, 7) is 4.46. The first-order chi connectivity index (χ1) is 10.3. The number of halogens is 3. The van der Waals surface area contributed by atoms with Crippen LogP contribution in [0, 0.1) is 11.6 Å². The number of benzene rings is 1. The van der Waals surface area contributed by atoms with Crippen molar-refractivity contribution < 1.29 is 21.9 Å². The molecule has 1 aliphatic heterocycles. The summed E-state index contributed by atoms with van der Waals surface area (Å²) in [7, 11) is -4.23. The van der Waals surface area contributed by atoms with E-state index in [9.17, 15) is 17.2 Å². The molecule has 1 fully saturated rings. The minimum Gasteiger partial charge on any atom is -0.379 e. The van der Waals surface area contributed by atoms with E-state index in [1.54, 1.807) is 0 Å². The van der Waals surface area contributed by atoms with Crippen LogP contribution in [0.2, 0.25) is 5.02 Å². The summed E-state index contributed by atoms with van der Waals surface area (Å²) in [5, 5.41) is -0.356. The van der Waals surface area contributed by atoms with Crippen molar-refractivity contribution >= 4 is 21.6 Å². The van der Waals surface area contributed by atoms with Crippen LogP contribution in [0.25, 0.3) is 0 Å². The molecule has 0 unspecified atom stereocenters. The molecule has 124 valence electrons. The zero-order valence-electron chi connectivity index (χ0n) is 12.0. The van der Waals surface area contributed by atoms with Gasteiger partial charge in [-0.05, 0) is 19.1 Å². The van der Waals surface area contributed by atoms with Crippen molar-refractivity contribution in [2.24, 2.45) is 0 Å². The highest BCUT2D eigenvalue weighted by atomic mass is 35.5. The monoisotopic (exact) mass is 354 g/mol. The maximum atomic E-state index is 13.7. The molecule has 1 N–H and O–H groups in total. The van der Waals surface area contributed by atoms with Crippen LogP contribution < -0.4 is 4.72 Å². The quantitative estimate of drug-likeness (QED) is 0.816. The van der Waals surface area contributed by atoms with Gasteiger partial charge >= 0.3 is 0 Å². The average Bonchev–Trinajstić information content (AvgIpc) is 2.50. The number of ether oxygens (including phenoxy) is 1. The summed E-state index contributed by atoms with van der Waals surface area (Å²) in [4.78, 5) is 1.19. The first-order valence-corrected chi connectivity index (χ1v) is 8.64. The molecule has 0 saturated carbocycles. The molecule has 9 heteroatoms. The first kappa shape index (κ1) is 17.6. The van der Waals surface area contributed by atoms with E-state index in [-0.39, 0.29) is 17.6 Å². The van der Waals surface area contributed by atoms with Crippen molar-refractivity contribution in [3.8, 4) is 0 Å². The first-order valence-electron chi connectivity index (χ1n) is 6.78. The van der Waals surface area contributed by atoms with Gasteiger partial charge in [-0.25, -0.2) is 21.9 Å². The summed E-state index contributed by atoms with van der Waals surface area (Å²) in [6.07, 6.45) is 0. The number of nitrogens with one attached hydrogen (secondary N) is 1. The number of hydrogen-bond acceptors (Lipinski definition) is 4. The Bertz CT molecular complexity index is 636. The minimum absolute atomic E-state index is 0.0641. The molecular weight excluding hydrogens is 338 g/mol. The van der Waals surface area contributed by atoms with Gasteiger partial charge in [0.25, 0.3) is 0 Å². The second-order valence-corrected chi connectivity index (χ2v) is 7.13. The summed E-state index contributed by atoms with van der Waals surface area (Å²) >= 11 is 5.70. The van der Waals surface area contributed by atoms with Gasteiger partial charge in [-0.2, -0.15) is 0 Å². The molecule has 0 aliphatic carbocycles. The molecule has 5 nitrogen and oxygen atoms in total. The lowest BCUT2D eigenvalue weighted by Crippen LogP contribution is -2.47. The zero-order chi connectivity index (χ0) is 16.3. The normalized spacial score (nSPS) is 18.4. The maximum absolute atomic E-state index is 13.7. The Morgan fingerprint density at radius 3 is 2.64 bits per heavy atom. The molecule has 0 spiro atoms. The van der Waals surface area contributed by atoms with E-state index >= 15 is 0 Å². The molecule has 0 aromatic heterocycles. The van der Waals surface area contributed by atoms with Gasteiger partial charge in [-0.15, -0.1) is 0 Å². The van der Waals surface area contributed by atoms with Crippen molar-refractivity contribution in [3.05, 3.63) is 28.8 Å². The number of nitrogens with zero attached hydrogens (tertiary/aromatic N) is 1. The third-order valence-electron chi connectivity index (χ3n) is 3.51. The van der Waals surface area contributed by atoms with E-state index in [1.165, 1.54) is 0 Å². The van der Waals surface area contributed by atoms with Crippen molar-refractivity contribution in [1.29, 1.82) is 0 Å². The van der Waals surface area contributed by atoms with Gasteiger partial charge in [-0.3, -0.25) is 4.90 Å². The molecule has 1 atom stereocenters. The van der Waals surface area contributed by atoms with Gasteiger partial charge < -0.3 is 4.74 Å². The SMILES string of the molecule is C[C@@H](CNS(=O)(=O)c1c(Cl)ccc(F)c1F)N1CCOCC1. The van der Waals surface area contributed by atoms with E-state index in [2.05, 4.69) is 9.62 Å². The Labute approximate surface area is 133 Å². The summed E-state index contributed by atoms with van der Waals surface area (Å²) in [5.74, 6) is -2.73. The highest BCUT2D eigenvalue weighted by molar-refractivity contribution is 7.89. The predicted molar refractivity (Wildman–Crippen MR) is 78.4 cm³/mol. The molecule has 1 aliphatic rings. The van der Waals surface area contributed by atoms with Crippen LogP contribution in [0.5, 0.6) is 0 Å². The fourth-order valence-corrected chi connectivity index (χ4v) is 3.92. The van der Waals surface area contributed by atoms with Crippen LogP contribution in [0.4, 0.5) is 8.78 Å². The molecule has 1 aromatic rings. The van der Waals surface area contributed by atoms with Crippen molar-refractivity contribution in [1.82, 2.24) is 9.62 Å². The van der Waals surface area contributed by atoms with Crippen LogP contribution >= 0.6 is 11.6 Å². The molecule has 1 saturated heterocycles. The molecule has 0 radical (unpaired) electrons. The Kier molecular flexibility index (Phi) is 5.73. The van der Waals surface area contributed by atoms with Gasteiger partial charge in [-0.1, -0.05) is 11.6 Å². The topological polar surface area (TPSA) is 58.6 Å². The molecular formula is C13H17ClF2N2O3S. The lowest BCUT2D eigenvalue weighted by Gasteiger charge is -2.32. The molecule has 1 heterocycles. The van der Waals surface area contributed by atoms with E-state index < -0.39 is 26.6 Å². The standard InChI is InChI=1S/C13H17ClF2N2O3S/c1-9(18-4-6-21-7-5-18)8-17-22(19,20)13-10(14)2-3-11(15)12(13)16/h2-3,9,17H,4-8H2,1H3/t9-/m0/s1. The van der Waals surface area contributed by atoms with Crippen LogP contribution in [-0.2, 0) is 14.8 Å². The van der Waals surface area contributed by atoms with Crippen molar-refractivity contribution in [3.63, 3.8) is 0 Å². The van der Waals surface area contributed by atoms with Crippen LogP contribution in [0.15, 0.2) is 17.0 Å². The largest absolute Gasteiger partial charge is 0.379 e. The Balaban J connectivity index is 2.10. The van der Waals surface area contributed by atoms with Gasteiger partial charge in [0.05, 0.1) is 18.2 Å². The molecule has 1 aromatic carbocycles. The molecule has 22 heavy (non-hydrogen) atoms. The highest BCUT2D eigenvalue weighted by Crippen LogP contribution is 2.26. The van der Waals surface area contributed by atoms with E-state index in [0.29, 0.717) is 26.3 Å². The second kappa shape index (κ2) is 7.18. The minimum atomic E-state index is -4.23. The fraction of sp³-hybridized carbons (Fsp3) is 0.538. The number of sulfonamides is 1. The molecule has 0 bridgehead atoms. The third kappa shape index (κ3) is 3.94. The second-order valence-electron chi connectivity index (χ2n) is 5.02. The van der Waals surface area contributed by atoms with Crippen LogP contribution in [0.3, 0.4) is 0 Å². The smallest absolute Gasteiger partial charge is 0.245 e. The lowest BCUT2D eigenvalue weighted by atomic mass is 10.2. The fourth-order valence-electron chi connectivity index (χ4n) is 2.20.